The van der Waals surface area contributed by atoms with Crippen LogP contribution in [0, 0.1) is 28.9 Å². The van der Waals surface area contributed by atoms with Crippen molar-refractivity contribution in [3.63, 3.8) is 0 Å². The van der Waals surface area contributed by atoms with E-state index in [0.717, 1.165) is 31.4 Å². The number of rotatable bonds is 4. The van der Waals surface area contributed by atoms with Crippen LogP contribution in [0.5, 0.6) is 0 Å². The molecule has 4 atom stereocenters. The number of carboxylic acid groups (broad SMARTS) is 1. The lowest BCUT2D eigenvalue weighted by molar-refractivity contribution is -0.146. The van der Waals surface area contributed by atoms with Gasteiger partial charge in [-0.1, -0.05) is 13.0 Å². The number of hydrogen-bond donors (Lipinski definition) is 2. The Hall–Kier alpha value is -1.49. The third-order valence-electron chi connectivity index (χ3n) is 5.22. The van der Waals surface area contributed by atoms with Gasteiger partial charge in [0.15, 0.2) is 11.6 Å². The molecule has 0 spiro atoms. The van der Waals surface area contributed by atoms with Crippen LogP contribution in [0.15, 0.2) is 18.2 Å². The van der Waals surface area contributed by atoms with Gasteiger partial charge in [-0.05, 0) is 48.3 Å². The van der Waals surface area contributed by atoms with Crippen LogP contribution in [0.1, 0.15) is 31.7 Å². The van der Waals surface area contributed by atoms with E-state index < -0.39 is 23.5 Å². The molecule has 0 aliphatic heterocycles. The van der Waals surface area contributed by atoms with E-state index in [1.165, 1.54) is 6.07 Å². The fraction of sp³-hybridized carbons (Fsp3) is 0.562. The molecule has 2 saturated carbocycles. The number of benzene rings is 1. The van der Waals surface area contributed by atoms with E-state index in [4.69, 9.17) is 0 Å². The molecular weight excluding hydrogens is 276 g/mol. The Labute approximate surface area is 122 Å². The Morgan fingerprint density at radius 2 is 2.19 bits per heavy atom. The third kappa shape index (κ3) is 2.44. The minimum Gasteiger partial charge on any atom is -0.481 e. The summed E-state index contributed by atoms with van der Waals surface area (Å²) in [6.45, 7) is 2.41. The van der Waals surface area contributed by atoms with Crippen molar-refractivity contribution in [1.29, 1.82) is 0 Å². The lowest BCUT2D eigenvalue weighted by Crippen LogP contribution is -2.46. The van der Waals surface area contributed by atoms with Gasteiger partial charge in [-0.25, -0.2) is 8.78 Å². The zero-order chi connectivity index (χ0) is 15.2. The number of carboxylic acids is 1. The molecule has 1 aromatic rings. The van der Waals surface area contributed by atoms with E-state index in [-0.39, 0.29) is 11.5 Å². The van der Waals surface area contributed by atoms with Crippen LogP contribution in [-0.2, 0) is 11.3 Å². The minimum atomic E-state index is -0.871. The first-order valence-corrected chi connectivity index (χ1v) is 7.31. The second-order valence-electron chi connectivity index (χ2n) is 6.63. The molecular formula is C16H19F2NO2. The van der Waals surface area contributed by atoms with Gasteiger partial charge >= 0.3 is 5.97 Å². The van der Waals surface area contributed by atoms with E-state index in [1.54, 1.807) is 0 Å². The zero-order valence-electron chi connectivity index (χ0n) is 11.9. The smallest absolute Gasteiger partial charge is 0.308 e. The summed E-state index contributed by atoms with van der Waals surface area (Å²) in [7, 11) is 0. The van der Waals surface area contributed by atoms with Gasteiger partial charge in [-0.2, -0.15) is 0 Å². The number of aliphatic carboxylic acids is 1. The largest absolute Gasteiger partial charge is 0.481 e. The van der Waals surface area contributed by atoms with Crippen LogP contribution in [0.3, 0.4) is 0 Å². The fourth-order valence-corrected chi connectivity index (χ4v) is 4.23. The highest BCUT2D eigenvalue weighted by molar-refractivity contribution is 5.73. The first-order valence-electron chi connectivity index (χ1n) is 7.31. The summed E-state index contributed by atoms with van der Waals surface area (Å²) in [5.74, 6) is -2.54. The molecule has 2 aliphatic rings. The Morgan fingerprint density at radius 3 is 2.86 bits per heavy atom. The monoisotopic (exact) mass is 295 g/mol. The number of carbonyl (C=O) groups is 1. The molecule has 0 unspecified atom stereocenters. The topological polar surface area (TPSA) is 49.3 Å². The van der Waals surface area contributed by atoms with Crippen molar-refractivity contribution in [1.82, 2.24) is 5.32 Å². The van der Waals surface area contributed by atoms with Gasteiger partial charge in [0, 0.05) is 12.6 Å². The van der Waals surface area contributed by atoms with Crippen LogP contribution in [-0.4, -0.2) is 17.1 Å². The van der Waals surface area contributed by atoms with E-state index in [2.05, 4.69) is 5.32 Å². The molecule has 3 rings (SSSR count). The molecule has 0 aromatic heterocycles. The van der Waals surface area contributed by atoms with Gasteiger partial charge in [0.25, 0.3) is 0 Å². The molecule has 0 amide bonds. The van der Waals surface area contributed by atoms with Crippen LogP contribution < -0.4 is 5.32 Å². The molecule has 2 aliphatic carbocycles. The maximum absolute atomic E-state index is 13.2. The average Bonchev–Trinajstić information content (AvgIpc) is 2.93. The normalized spacial score (nSPS) is 34.3. The molecule has 2 N–H and O–H groups in total. The highest BCUT2D eigenvalue weighted by Crippen LogP contribution is 2.57. The molecule has 3 nitrogen and oxygen atoms in total. The summed E-state index contributed by atoms with van der Waals surface area (Å²) >= 11 is 0. The predicted molar refractivity (Wildman–Crippen MR) is 73.6 cm³/mol. The lowest BCUT2D eigenvalue weighted by atomic mass is 9.74. The van der Waals surface area contributed by atoms with Crippen LogP contribution >= 0.6 is 0 Å². The summed E-state index contributed by atoms with van der Waals surface area (Å²) in [6, 6.07) is 3.70. The van der Waals surface area contributed by atoms with Crippen LogP contribution in [0.4, 0.5) is 8.78 Å². The first kappa shape index (κ1) is 14.4. The number of hydrogen-bond acceptors (Lipinski definition) is 2. The molecule has 0 saturated heterocycles. The van der Waals surface area contributed by atoms with Gasteiger partial charge < -0.3 is 10.4 Å². The molecule has 0 radical (unpaired) electrons. The summed E-state index contributed by atoms with van der Waals surface area (Å²) < 4.78 is 26.1. The van der Waals surface area contributed by atoms with Gasteiger partial charge in [-0.3, -0.25) is 4.79 Å². The molecule has 0 heterocycles. The van der Waals surface area contributed by atoms with E-state index in [0.29, 0.717) is 18.0 Å². The molecule has 21 heavy (non-hydrogen) atoms. The number of nitrogens with one attached hydrogen (secondary N) is 1. The van der Waals surface area contributed by atoms with Crippen molar-refractivity contribution >= 4 is 5.97 Å². The SMILES string of the molecule is C[C@]12CC[C@H](C1)[C@H](NCc1ccc(F)c(F)c1)[C@@H]2C(=O)O. The molecule has 114 valence electrons. The van der Waals surface area contributed by atoms with Gasteiger partial charge in [0.05, 0.1) is 5.92 Å². The van der Waals surface area contributed by atoms with Crippen LogP contribution in [0.25, 0.3) is 0 Å². The maximum atomic E-state index is 13.2. The van der Waals surface area contributed by atoms with Gasteiger partial charge in [-0.15, -0.1) is 0 Å². The van der Waals surface area contributed by atoms with Crippen molar-refractivity contribution in [2.75, 3.05) is 0 Å². The van der Waals surface area contributed by atoms with Crippen molar-refractivity contribution in [2.24, 2.45) is 17.3 Å². The minimum absolute atomic E-state index is 0.0886. The lowest BCUT2D eigenvalue weighted by Gasteiger charge is -2.34. The summed E-state index contributed by atoms with van der Waals surface area (Å²) in [4.78, 5) is 11.6. The van der Waals surface area contributed by atoms with Gasteiger partial charge in [0.1, 0.15) is 0 Å². The standard InChI is InChI=1S/C16H19F2NO2/c1-16-5-4-10(7-16)14(13(16)15(20)21)19-8-9-2-3-11(17)12(18)6-9/h2-3,6,10,13-14,19H,4-5,7-8H2,1H3,(H,20,21)/t10-,13-,14+,16+/m1/s1. The number of fused-ring (bicyclic) bond motifs is 2. The van der Waals surface area contributed by atoms with E-state index in [1.807, 2.05) is 6.92 Å². The highest BCUT2D eigenvalue weighted by atomic mass is 19.2. The third-order valence-corrected chi connectivity index (χ3v) is 5.22. The number of halogens is 2. The maximum Gasteiger partial charge on any atom is 0.308 e. The molecule has 1 aromatic carbocycles. The molecule has 5 heteroatoms. The Balaban J connectivity index is 1.72. The quantitative estimate of drug-likeness (QED) is 0.898. The molecule has 2 bridgehead atoms. The second-order valence-corrected chi connectivity index (χ2v) is 6.63. The highest BCUT2D eigenvalue weighted by Gasteiger charge is 2.57. The summed E-state index contributed by atoms with van der Waals surface area (Å²) in [5, 5.41) is 12.8. The second kappa shape index (κ2) is 5.05. The fourth-order valence-electron chi connectivity index (χ4n) is 4.23. The zero-order valence-corrected chi connectivity index (χ0v) is 11.9. The predicted octanol–water partition coefficient (Wildman–Crippen LogP) is 2.94. The van der Waals surface area contributed by atoms with Gasteiger partial charge in [0.2, 0.25) is 0 Å². The average molecular weight is 295 g/mol. The Bertz CT molecular complexity index is 577. The molecule has 2 fully saturated rings. The van der Waals surface area contributed by atoms with E-state index >= 15 is 0 Å². The Kier molecular flexibility index (Phi) is 3.48. The van der Waals surface area contributed by atoms with E-state index in [9.17, 15) is 18.7 Å². The van der Waals surface area contributed by atoms with Crippen molar-refractivity contribution < 1.29 is 18.7 Å². The van der Waals surface area contributed by atoms with Crippen molar-refractivity contribution in [3.05, 3.63) is 35.4 Å². The Morgan fingerprint density at radius 1 is 1.43 bits per heavy atom. The van der Waals surface area contributed by atoms with Crippen LogP contribution in [0.2, 0.25) is 0 Å². The van der Waals surface area contributed by atoms with Crippen molar-refractivity contribution in [2.45, 2.75) is 38.8 Å². The first-order chi connectivity index (χ1) is 9.90. The summed E-state index contributed by atoms with van der Waals surface area (Å²) in [6.07, 6.45) is 2.92. The van der Waals surface area contributed by atoms with Crippen molar-refractivity contribution in [3.8, 4) is 0 Å². The summed E-state index contributed by atoms with van der Waals surface area (Å²) in [5.41, 5.74) is 0.494.